The molecule has 1 unspecified atom stereocenters. The molecule has 98 valence electrons. The third-order valence-corrected chi connectivity index (χ3v) is 3.47. The largest absolute Gasteiger partial charge is 0.493 e. The SMILES string of the molecule is Cc1cccc(N)c1OCC1COc2ccccc21. The van der Waals surface area contributed by atoms with Crippen LogP contribution in [0.25, 0.3) is 0 Å². The van der Waals surface area contributed by atoms with Crippen LogP contribution in [0.15, 0.2) is 42.5 Å². The number of nitrogens with two attached hydrogens (primary N) is 1. The van der Waals surface area contributed by atoms with Crippen molar-refractivity contribution < 1.29 is 9.47 Å². The molecule has 1 atom stereocenters. The summed E-state index contributed by atoms with van der Waals surface area (Å²) in [6.45, 7) is 3.27. The Bertz CT molecular complexity index is 575. The van der Waals surface area contributed by atoms with Gasteiger partial charge in [0.05, 0.1) is 24.8 Å². The van der Waals surface area contributed by atoms with E-state index < -0.39 is 0 Å². The fourth-order valence-electron chi connectivity index (χ4n) is 2.42. The van der Waals surface area contributed by atoms with E-state index in [0.717, 1.165) is 17.1 Å². The van der Waals surface area contributed by atoms with Crippen LogP contribution in [0.4, 0.5) is 5.69 Å². The van der Waals surface area contributed by atoms with Gasteiger partial charge in [-0.3, -0.25) is 0 Å². The minimum absolute atomic E-state index is 0.273. The highest BCUT2D eigenvalue weighted by Crippen LogP contribution is 2.34. The second-order valence-corrected chi connectivity index (χ2v) is 4.85. The molecule has 19 heavy (non-hydrogen) atoms. The number of fused-ring (bicyclic) bond motifs is 1. The summed E-state index contributed by atoms with van der Waals surface area (Å²) in [5.41, 5.74) is 8.91. The average Bonchev–Trinajstić information content (AvgIpc) is 2.82. The minimum atomic E-state index is 0.273. The Morgan fingerprint density at radius 1 is 1.21 bits per heavy atom. The first-order valence-electron chi connectivity index (χ1n) is 6.45. The van der Waals surface area contributed by atoms with Gasteiger partial charge in [0.1, 0.15) is 11.5 Å². The third-order valence-electron chi connectivity index (χ3n) is 3.47. The standard InChI is InChI=1S/C16H17NO2/c1-11-5-4-7-14(17)16(11)19-10-12-9-18-15-8-3-2-6-13(12)15/h2-8,12H,9-10,17H2,1H3. The van der Waals surface area contributed by atoms with Gasteiger partial charge in [-0.05, 0) is 24.6 Å². The van der Waals surface area contributed by atoms with Gasteiger partial charge >= 0.3 is 0 Å². The number of rotatable bonds is 3. The quantitative estimate of drug-likeness (QED) is 0.857. The summed E-state index contributed by atoms with van der Waals surface area (Å²) in [7, 11) is 0. The van der Waals surface area contributed by atoms with Crippen molar-refractivity contribution in [3.8, 4) is 11.5 Å². The highest BCUT2D eigenvalue weighted by Gasteiger charge is 2.24. The third kappa shape index (κ3) is 2.24. The predicted octanol–water partition coefficient (Wildman–Crippen LogP) is 3.13. The average molecular weight is 255 g/mol. The van der Waals surface area contributed by atoms with Crippen molar-refractivity contribution in [1.29, 1.82) is 0 Å². The molecule has 0 amide bonds. The summed E-state index contributed by atoms with van der Waals surface area (Å²) in [6, 6.07) is 13.9. The molecule has 1 aliphatic rings. The van der Waals surface area contributed by atoms with Crippen molar-refractivity contribution in [1.82, 2.24) is 0 Å². The van der Waals surface area contributed by atoms with Crippen LogP contribution in [0.5, 0.6) is 11.5 Å². The molecule has 0 aromatic heterocycles. The molecule has 0 spiro atoms. The van der Waals surface area contributed by atoms with Gasteiger partial charge in [-0.15, -0.1) is 0 Å². The van der Waals surface area contributed by atoms with E-state index in [4.69, 9.17) is 15.2 Å². The zero-order chi connectivity index (χ0) is 13.2. The molecule has 1 heterocycles. The number of aryl methyl sites for hydroxylation is 1. The summed E-state index contributed by atoms with van der Waals surface area (Å²) in [6.07, 6.45) is 0. The minimum Gasteiger partial charge on any atom is -0.493 e. The number of benzene rings is 2. The maximum absolute atomic E-state index is 5.94. The molecule has 3 nitrogen and oxygen atoms in total. The lowest BCUT2D eigenvalue weighted by molar-refractivity contribution is 0.248. The van der Waals surface area contributed by atoms with Crippen LogP contribution >= 0.6 is 0 Å². The molecule has 0 fully saturated rings. The Morgan fingerprint density at radius 3 is 2.89 bits per heavy atom. The normalized spacial score (nSPS) is 16.8. The molecule has 2 N–H and O–H groups in total. The van der Waals surface area contributed by atoms with E-state index in [-0.39, 0.29) is 5.92 Å². The van der Waals surface area contributed by atoms with Crippen molar-refractivity contribution in [2.24, 2.45) is 0 Å². The van der Waals surface area contributed by atoms with Crippen LogP contribution in [0.3, 0.4) is 0 Å². The zero-order valence-corrected chi connectivity index (χ0v) is 10.9. The van der Waals surface area contributed by atoms with Crippen LogP contribution in [0, 0.1) is 6.92 Å². The second-order valence-electron chi connectivity index (χ2n) is 4.85. The van der Waals surface area contributed by atoms with Gasteiger partial charge in [-0.25, -0.2) is 0 Å². The lowest BCUT2D eigenvalue weighted by atomic mass is 10.0. The van der Waals surface area contributed by atoms with Crippen LogP contribution in [0.2, 0.25) is 0 Å². The van der Waals surface area contributed by atoms with Crippen LogP contribution in [-0.2, 0) is 0 Å². The van der Waals surface area contributed by atoms with Gasteiger partial charge in [-0.1, -0.05) is 30.3 Å². The number of hydrogen-bond donors (Lipinski definition) is 1. The summed E-state index contributed by atoms with van der Waals surface area (Å²) >= 11 is 0. The van der Waals surface area contributed by atoms with Crippen LogP contribution < -0.4 is 15.2 Å². The Kier molecular flexibility index (Phi) is 3.03. The summed E-state index contributed by atoms with van der Waals surface area (Å²) < 4.78 is 11.6. The molecule has 0 saturated carbocycles. The molecular formula is C16H17NO2. The Balaban J connectivity index is 1.75. The highest BCUT2D eigenvalue weighted by atomic mass is 16.5. The fraction of sp³-hybridized carbons (Fsp3) is 0.250. The topological polar surface area (TPSA) is 44.5 Å². The smallest absolute Gasteiger partial charge is 0.145 e. The molecule has 3 rings (SSSR count). The Morgan fingerprint density at radius 2 is 2.05 bits per heavy atom. The van der Waals surface area contributed by atoms with Crippen molar-refractivity contribution in [2.75, 3.05) is 18.9 Å². The summed E-state index contributed by atoms with van der Waals surface area (Å²) in [5.74, 6) is 2.02. The van der Waals surface area contributed by atoms with Gasteiger partial charge in [0.15, 0.2) is 0 Å². The van der Waals surface area contributed by atoms with E-state index in [0.29, 0.717) is 18.9 Å². The zero-order valence-electron chi connectivity index (χ0n) is 10.9. The Hall–Kier alpha value is -2.16. The van der Waals surface area contributed by atoms with E-state index in [2.05, 4.69) is 6.07 Å². The van der Waals surface area contributed by atoms with E-state index in [9.17, 15) is 0 Å². The molecule has 2 aromatic carbocycles. The number of ether oxygens (including phenoxy) is 2. The summed E-state index contributed by atoms with van der Waals surface area (Å²) in [4.78, 5) is 0. The van der Waals surface area contributed by atoms with Gasteiger partial charge in [0.2, 0.25) is 0 Å². The molecule has 2 aromatic rings. The first-order valence-corrected chi connectivity index (χ1v) is 6.45. The predicted molar refractivity (Wildman–Crippen MR) is 75.8 cm³/mol. The molecule has 0 bridgehead atoms. The molecule has 0 saturated heterocycles. The van der Waals surface area contributed by atoms with Gasteiger partial charge in [-0.2, -0.15) is 0 Å². The fourth-order valence-corrected chi connectivity index (χ4v) is 2.42. The lowest BCUT2D eigenvalue weighted by Crippen LogP contribution is -2.13. The molecular weight excluding hydrogens is 238 g/mol. The van der Waals surface area contributed by atoms with E-state index in [1.54, 1.807) is 0 Å². The monoisotopic (exact) mass is 255 g/mol. The summed E-state index contributed by atoms with van der Waals surface area (Å²) in [5, 5.41) is 0. The first-order chi connectivity index (χ1) is 9.25. The van der Waals surface area contributed by atoms with E-state index in [1.807, 2.05) is 43.3 Å². The molecule has 3 heteroatoms. The number of para-hydroxylation sites is 2. The maximum Gasteiger partial charge on any atom is 0.145 e. The number of hydrogen-bond acceptors (Lipinski definition) is 3. The van der Waals surface area contributed by atoms with Gasteiger partial charge in [0, 0.05) is 5.56 Å². The van der Waals surface area contributed by atoms with Crippen molar-refractivity contribution >= 4 is 5.69 Å². The highest BCUT2D eigenvalue weighted by molar-refractivity contribution is 5.56. The maximum atomic E-state index is 5.94. The van der Waals surface area contributed by atoms with Crippen molar-refractivity contribution in [2.45, 2.75) is 12.8 Å². The first kappa shape index (κ1) is 11.9. The molecule has 0 radical (unpaired) electrons. The Labute approximate surface area is 113 Å². The second kappa shape index (κ2) is 4.84. The van der Waals surface area contributed by atoms with Gasteiger partial charge < -0.3 is 15.2 Å². The molecule has 1 aliphatic heterocycles. The van der Waals surface area contributed by atoms with Gasteiger partial charge in [0.25, 0.3) is 0 Å². The lowest BCUT2D eigenvalue weighted by Gasteiger charge is -2.14. The van der Waals surface area contributed by atoms with E-state index in [1.165, 1.54) is 5.56 Å². The van der Waals surface area contributed by atoms with Crippen LogP contribution in [-0.4, -0.2) is 13.2 Å². The number of nitrogen functional groups attached to an aromatic ring is 1. The molecule has 0 aliphatic carbocycles. The van der Waals surface area contributed by atoms with Crippen molar-refractivity contribution in [3.63, 3.8) is 0 Å². The van der Waals surface area contributed by atoms with E-state index >= 15 is 0 Å². The number of anilines is 1. The van der Waals surface area contributed by atoms with Crippen LogP contribution in [0.1, 0.15) is 17.0 Å². The van der Waals surface area contributed by atoms with Crippen molar-refractivity contribution in [3.05, 3.63) is 53.6 Å².